The molecule has 0 fully saturated rings. The van der Waals surface area contributed by atoms with Gasteiger partial charge in [-0.2, -0.15) is 0 Å². The largest absolute Gasteiger partial charge is 0.453 e. The first-order valence-electron chi connectivity index (χ1n) is 5.50. The number of rotatable bonds is 5. The van der Waals surface area contributed by atoms with Gasteiger partial charge < -0.3 is 10.1 Å². The quantitative estimate of drug-likeness (QED) is 0.883. The van der Waals surface area contributed by atoms with E-state index in [0.29, 0.717) is 6.07 Å². The molecule has 0 aromatic heterocycles. The molecule has 0 aliphatic heterocycles. The summed E-state index contributed by atoms with van der Waals surface area (Å²) in [6.45, 7) is -0.299. The predicted octanol–water partition coefficient (Wildman–Crippen LogP) is 1.09. The fourth-order valence-corrected chi connectivity index (χ4v) is 2.41. The van der Waals surface area contributed by atoms with Gasteiger partial charge in [0.05, 0.1) is 25.6 Å². The van der Waals surface area contributed by atoms with E-state index in [-0.39, 0.29) is 18.8 Å². The summed E-state index contributed by atoms with van der Waals surface area (Å²) in [6.07, 6.45) is 0.145. The molecule has 1 N–H and O–H groups in total. The second-order valence-electron chi connectivity index (χ2n) is 3.85. The Labute approximate surface area is 115 Å². The second-order valence-corrected chi connectivity index (χ2v) is 5.76. The average Bonchev–Trinajstić information content (AvgIpc) is 2.34. The van der Waals surface area contributed by atoms with E-state index in [0.717, 1.165) is 29.8 Å². The molecule has 1 aromatic rings. The second kappa shape index (κ2) is 6.51. The molecule has 1 amide bonds. The van der Waals surface area contributed by atoms with E-state index in [9.17, 15) is 22.0 Å². The maximum atomic E-state index is 13.6. The third kappa shape index (κ3) is 4.34. The van der Waals surface area contributed by atoms with Crippen molar-refractivity contribution in [3.05, 3.63) is 29.8 Å². The molecule has 0 atom stereocenters. The molecule has 9 heteroatoms. The summed E-state index contributed by atoms with van der Waals surface area (Å²) in [4.78, 5) is 10.9. The molecule has 0 unspecified atom stereocenters. The lowest BCUT2D eigenvalue weighted by atomic mass is 10.3. The van der Waals surface area contributed by atoms with Crippen molar-refractivity contribution >= 4 is 21.8 Å². The minimum absolute atomic E-state index is 0.0867. The maximum Gasteiger partial charge on any atom is 0.406 e. The van der Waals surface area contributed by atoms with Crippen LogP contribution >= 0.6 is 0 Å². The molecule has 6 nitrogen and oxygen atoms in total. The number of alkyl carbamates (subject to hydrolysis) is 1. The maximum absolute atomic E-state index is 13.6. The number of methoxy groups -OCH3 is 1. The summed E-state index contributed by atoms with van der Waals surface area (Å²) >= 11 is 0. The van der Waals surface area contributed by atoms with E-state index in [1.807, 2.05) is 0 Å². The summed E-state index contributed by atoms with van der Waals surface area (Å²) in [5, 5.41) is 2.27. The van der Waals surface area contributed by atoms with Crippen LogP contribution in [-0.4, -0.2) is 41.0 Å². The Morgan fingerprint density at radius 2 is 2.05 bits per heavy atom. The molecule has 1 aromatic carbocycles. The molecule has 0 heterocycles. The Bertz CT molecular complexity index is 592. The fraction of sp³-hybridized carbons (Fsp3) is 0.364. The van der Waals surface area contributed by atoms with Crippen molar-refractivity contribution in [2.24, 2.45) is 0 Å². The first-order chi connectivity index (χ1) is 9.25. The molecule has 0 aliphatic rings. The minimum Gasteiger partial charge on any atom is -0.453 e. The van der Waals surface area contributed by atoms with Crippen molar-refractivity contribution in [2.75, 3.05) is 30.8 Å². The minimum atomic E-state index is -3.78. The zero-order valence-electron chi connectivity index (χ0n) is 10.9. The van der Waals surface area contributed by atoms with Gasteiger partial charge in [-0.05, 0) is 12.1 Å². The Morgan fingerprint density at radius 3 is 2.55 bits per heavy atom. The van der Waals surface area contributed by atoms with Gasteiger partial charge in [-0.3, -0.25) is 4.31 Å². The Kier molecular flexibility index (Phi) is 5.26. The molecule has 0 bridgehead atoms. The van der Waals surface area contributed by atoms with Crippen LogP contribution in [0.15, 0.2) is 18.2 Å². The number of halogens is 2. The van der Waals surface area contributed by atoms with Crippen LogP contribution < -0.4 is 9.62 Å². The van der Waals surface area contributed by atoms with Crippen molar-refractivity contribution in [3.63, 3.8) is 0 Å². The normalized spacial score (nSPS) is 11.0. The van der Waals surface area contributed by atoms with Crippen molar-refractivity contribution < 1.29 is 26.7 Å². The predicted molar refractivity (Wildman–Crippen MR) is 69.0 cm³/mol. The molecule has 20 heavy (non-hydrogen) atoms. The molecule has 0 aliphatic carbocycles. The van der Waals surface area contributed by atoms with Gasteiger partial charge in [0, 0.05) is 12.6 Å². The van der Waals surface area contributed by atoms with Crippen LogP contribution in [0.1, 0.15) is 0 Å². The van der Waals surface area contributed by atoms with E-state index < -0.39 is 27.8 Å². The highest BCUT2D eigenvalue weighted by molar-refractivity contribution is 7.92. The van der Waals surface area contributed by atoms with Gasteiger partial charge in [0.25, 0.3) is 0 Å². The molecule has 0 saturated carbocycles. The van der Waals surface area contributed by atoms with Crippen LogP contribution in [0, 0.1) is 11.6 Å². The molecular weight excluding hydrogens is 294 g/mol. The Hall–Kier alpha value is -1.90. The number of hydrogen-bond acceptors (Lipinski definition) is 4. The van der Waals surface area contributed by atoms with E-state index >= 15 is 0 Å². The highest BCUT2D eigenvalue weighted by atomic mass is 32.2. The third-order valence-electron chi connectivity index (χ3n) is 2.35. The number of carbonyl (C=O) groups excluding carboxylic acids is 1. The summed E-state index contributed by atoms with van der Waals surface area (Å²) in [6, 6.07) is 2.55. The smallest absolute Gasteiger partial charge is 0.406 e. The van der Waals surface area contributed by atoms with Gasteiger partial charge in [-0.25, -0.2) is 22.0 Å². The number of benzene rings is 1. The molecule has 112 valence electrons. The van der Waals surface area contributed by atoms with Crippen molar-refractivity contribution in [1.29, 1.82) is 0 Å². The van der Waals surface area contributed by atoms with Gasteiger partial charge in [0.2, 0.25) is 10.0 Å². The van der Waals surface area contributed by atoms with Gasteiger partial charge in [0.15, 0.2) is 0 Å². The molecule has 0 spiro atoms. The first kappa shape index (κ1) is 16.2. The van der Waals surface area contributed by atoms with E-state index in [1.54, 1.807) is 0 Å². The summed E-state index contributed by atoms with van der Waals surface area (Å²) in [5.41, 5.74) is -0.291. The lowest BCUT2D eigenvalue weighted by Gasteiger charge is -2.22. The number of nitrogens with one attached hydrogen (secondary N) is 1. The molecule has 1 rings (SSSR count). The lowest BCUT2D eigenvalue weighted by Crippen LogP contribution is -2.38. The monoisotopic (exact) mass is 308 g/mol. The van der Waals surface area contributed by atoms with Crippen LogP contribution in [0.5, 0.6) is 0 Å². The molecular formula is C11H14F2N2O4S. The van der Waals surface area contributed by atoms with Crippen LogP contribution in [0.2, 0.25) is 0 Å². The lowest BCUT2D eigenvalue weighted by molar-refractivity contribution is 0.171. The molecule has 0 radical (unpaired) electrons. The average molecular weight is 308 g/mol. The first-order valence-corrected chi connectivity index (χ1v) is 7.35. The van der Waals surface area contributed by atoms with Gasteiger partial charge in [0.1, 0.15) is 11.6 Å². The number of nitrogens with zero attached hydrogens (tertiary/aromatic N) is 1. The van der Waals surface area contributed by atoms with Crippen LogP contribution in [0.3, 0.4) is 0 Å². The highest BCUT2D eigenvalue weighted by Gasteiger charge is 2.21. The van der Waals surface area contributed by atoms with Crippen LogP contribution in [-0.2, 0) is 14.8 Å². The van der Waals surface area contributed by atoms with Crippen molar-refractivity contribution in [3.8, 4) is 0 Å². The Morgan fingerprint density at radius 1 is 1.40 bits per heavy atom. The fourth-order valence-electron chi connectivity index (χ4n) is 1.48. The zero-order chi connectivity index (χ0) is 15.3. The molecule has 0 saturated heterocycles. The number of ether oxygens (including phenoxy) is 1. The van der Waals surface area contributed by atoms with E-state index in [4.69, 9.17) is 0 Å². The zero-order valence-corrected chi connectivity index (χ0v) is 11.7. The number of carbonyl (C=O) groups is 1. The highest BCUT2D eigenvalue weighted by Crippen LogP contribution is 2.22. The van der Waals surface area contributed by atoms with Gasteiger partial charge in [-0.15, -0.1) is 0 Å². The van der Waals surface area contributed by atoms with E-state index in [2.05, 4.69) is 10.1 Å². The summed E-state index contributed by atoms with van der Waals surface area (Å²) in [5.74, 6) is -1.82. The van der Waals surface area contributed by atoms with Crippen molar-refractivity contribution in [2.45, 2.75) is 0 Å². The Balaban J connectivity index is 2.93. The SMILES string of the molecule is COC(=O)NCCN(c1ccc(F)cc1F)S(C)(=O)=O. The third-order valence-corrected chi connectivity index (χ3v) is 3.53. The number of amides is 1. The topological polar surface area (TPSA) is 75.7 Å². The summed E-state index contributed by atoms with van der Waals surface area (Å²) in [7, 11) is -2.62. The van der Waals surface area contributed by atoms with Crippen molar-refractivity contribution in [1.82, 2.24) is 5.32 Å². The number of hydrogen-bond donors (Lipinski definition) is 1. The van der Waals surface area contributed by atoms with Gasteiger partial charge in [-0.1, -0.05) is 0 Å². The van der Waals surface area contributed by atoms with E-state index in [1.165, 1.54) is 0 Å². The van der Waals surface area contributed by atoms with Gasteiger partial charge >= 0.3 is 6.09 Å². The number of sulfonamides is 1. The standard InChI is InChI=1S/C11H14F2N2O4S/c1-19-11(16)14-5-6-15(20(2,17)18)10-4-3-8(12)7-9(10)13/h3-4,7H,5-6H2,1-2H3,(H,14,16). The van der Waals surface area contributed by atoms with Crippen LogP contribution in [0.4, 0.5) is 19.3 Å². The number of anilines is 1. The van der Waals surface area contributed by atoms with Crippen LogP contribution in [0.25, 0.3) is 0 Å². The summed E-state index contributed by atoms with van der Waals surface area (Å²) < 4.78 is 54.8.